The molecule has 158 valence electrons. The van der Waals surface area contributed by atoms with Gasteiger partial charge in [0.1, 0.15) is 15.8 Å². The zero-order valence-electron chi connectivity index (χ0n) is 17.8. The summed E-state index contributed by atoms with van der Waals surface area (Å²) in [5.74, 6) is 0. The van der Waals surface area contributed by atoms with E-state index in [-0.39, 0.29) is 6.04 Å². The molecule has 0 bridgehead atoms. The van der Waals surface area contributed by atoms with E-state index in [1.807, 2.05) is 53.7 Å². The molecule has 1 atom stereocenters. The number of ether oxygens (including phenoxy) is 2. The van der Waals surface area contributed by atoms with E-state index in [0.717, 1.165) is 16.6 Å². The van der Waals surface area contributed by atoms with Crippen LogP contribution < -0.4 is 5.32 Å². The fourth-order valence-electron chi connectivity index (χ4n) is 3.50. The minimum atomic E-state index is -0.609. The molecule has 0 fully saturated rings. The van der Waals surface area contributed by atoms with Gasteiger partial charge in [-0.3, -0.25) is 0 Å². The van der Waals surface area contributed by atoms with Crippen molar-refractivity contribution in [2.45, 2.75) is 78.0 Å². The van der Waals surface area contributed by atoms with Gasteiger partial charge in [-0.1, -0.05) is 0 Å². The van der Waals surface area contributed by atoms with Gasteiger partial charge in [0.25, 0.3) is 0 Å². The van der Waals surface area contributed by atoms with Crippen LogP contribution in [0.2, 0.25) is 0 Å². The maximum Gasteiger partial charge on any atom is 0.420 e. The Morgan fingerprint density at radius 2 is 1.79 bits per heavy atom. The summed E-state index contributed by atoms with van der Waals surface area (Å²) in [7, 11) is 0. The van der Waals surface area contributed by atoms with Gasteiger partial charge in [-0.25, -0.2) is 19.1 Å². The van der Waals surface area contributed by atoms with Crippen molar-refractivity contribution in [3.63, 3.8) is 0 Å². The third-order valence-corrected chi connectivity index (χ3v) is 4.92. The third-order valence-electron chi connectivity index (χ3n) is 4.47. The average Bonchev–Trinajstić information content (AvgIpc) is 2.84. The van der Waals surface area contributed by atoms with Crippen LogP contribution in [-0.4, -0.2) is 39.0 Å². The number of pyridine rings is 1. The third kappa shape index (κ3) is 5.10. The van der Waals surface area contributed by atoms with Crippen LogP contribution in [0.25, 0.3) is 11.0 Å². The number of nitrogens with one attached hydrogen (secondary N) is 1. The average molecular weight is 466 g/mol. The number of carbonyl (C=O) groups excluding carboxylic acids is 2. The molecule has 1 aliphatic rings. The molecule has 2 aromatic rings. The summed E-state index contributed by atoms with van der Waals surface area (Å²) in [6.07, 6.45) is 1.07. The molecule has 3 rings (SSSR count). The summed E-state index contributed by atoms with van der Waals surface area (Å²) >= 11 is 3.39. The normalized spacial score (nSPS) is 17.0. The van der Waals surface area contributed by atoms with Gasteiger partial charge < -0.3 is 14.8 Å². The molecule has 0 aromatic carbocycles. The molecule has 1 aliphatic carbocycles. The minimum absolute atomic E-state index is 0.0707. The molecule has 1 unspecified atom stereocenters. The van der Waals surface area contributed by atoms with Crippen LogP contribution >= 0.6 is 15.9 Å². The first kappa shape index (κ1) is 21.6. The number of rotatable bonds is 1. The molecular formula is C21H28BrN3O4. The molecule has 2 heterocycles. The Morgan fingerprint density at radius 1 is 1.14 bits per heavy atom. The summed E-state index contributed by atoms with van der Waals surface area (Å²) in [6.45, 7) is 11.0. The molecular weight excluding hydrogens is 438 g/mol. The lowest BCUT2D eigenvalue weighted by Crippen LogP contribution is -2.42. The van der Waals surface area contributed by atoms with Gasteiger partial charge in [-0.05, 0) is 94.4 Å². The number of amides is 1. The highest BCUT2D eigenvalue weighted by atomic mass is 79.9. The number of carbonyl (C=O) groups is 2. The van der Waals surface area contributed by atoms with Crippen molar-refractivity contribution >= 4 is 39.1 Å². The van der Waals surface area contributed by atoms with Gasteiger partial charge in [-0.2, -0.15) is 0 Å². The Balaban J connectivity index is 1.94. The number of fused-ring (bicyclic) bond motifs is 3. The molecule has 0 aliphatic heterocycles. The molecule has 0 saturated heterocycles. The molecule has 2 aromatic heterocycles. The van der Waals surface area contributed by atoms with Gasteiger partial charge in [0.05, 0.1) is 0 Å². The van der Waals surface area contributed by atoms with E-state index in [4.69, 9.17) is 9.47 Å². The Bertz CT molecular complexity index is 953. The van der Waals surface area contributed by atoms with Crippen LogP contribution in [0.15, 0.2) is 16.7 Å². The van der Waals surface area contributed by atoms with E-state index in [1.165, 1.54) is 0 Å². The predicted octanol–water partition coefficient (Wildman–Crippen LogP) is 4.96. The SMILES string of the molecule is CC(C)(C)OC(=O)NC1CCc2c(c3ccc(Br)nc3n2C(=O)OC(C)(C)C)C1. The summed E-state index contributed by atoms with van der Waals surface area (Å²) in [6, 6.07) is 3.73. The lowest BCUT2D eigenvalue weighted by molar-refractivity contribution is 0.0490. The lowest BCUT2D eigenvalue weighted by Gasteiger charge is -2.27. The molecule has 7 nitrogen and oxygen atoms in total. The molecule has 29 heavy (non-hydrogen) atoms. The van der Waals surface area contributed by atoms with Crippen molar-refractivity contribution in [1.29, 1.82) is 0 Å². The Morgan fingerprint density at radius 3 is 2.41 bits per heavy atom. The van der Waals surface area contributed by atoms with E-state index >= 15 is 0 Å². The summed E-state index contributed by atoms with van der Waals surface area (Å²) in [4.78, 5) is 29.6. The zero-order chi connectivity index (χ0) is 21.6. The second-order valence-corrected chi connectivity index (χ2v) is 10.1. The van der Waals surface area contributed by atoms with Crippen molar-refractivity contribution in [2.75, 3.05) is 0 Å². The van der Waals surface area contributed by atoms with Crippen LogP contribution in [0.4, 0.5) is 9.59 Å². The second kappa shape index (κ2) is 7.63. The van der Waals surface area contributed by atoms with E-state index in [9.17, 15) is 9.59 Å². The maximum atomic E-state index is 12.9. The fourth-order valence-corrected chi connectivity index (χ4v) is 3.80. The first-order valence-corrected chi connectivity index (χ1v) is 10.5. The smallest absolute Gasteiger partial charge is 0.420 e. The second-order valence-electron chi connectivity index (χ2n) is 9.33. The zero-order valence-corrected chi connectivity index (χ0v) is 19.3. The van der Waals surface area contributed by atoms with Crippen LogP contribution in [-0.2, 0) is 22.3 Å². The molecule has 0 spiro atoms. The van der Waals surface area contributed by atoms with Crippen LogP contribution in [0.1, 0.15) is 59.2 Å². The predicted molar refractivity (Wildman–Crippen MR) is 114 cm³/mol. The molecule has 0 saturated carbocycles. The minimum Gasteiger partial charge on any atom is -0.444 e. The summed E-state index contributed by atoms with van der Waals surface area (Å²) < 4.78 is 13.2. The quantitative estimate of drug-likeness (QED) is 0.601. The van der Waals surface area contributed by atoms with Gasteiger partial charge in [0, 0.05) is 17.1 Å². The summed E-state index contributed by atoms with van der Waals surface area (Å²) in [5.41, 5.74) is 1.31. The number of halogens is 1. The van der Waals surface area contributed by atoms with E-state index in [2.05, 4.69) is 26.2 Å². The van der Waals surface area contributed by atoms with Crippen LogP contribution in [0, 0.1) is 0 Å². The first-order chi connectivity index (χ1) is 13.3. The maximum absolute atomic E-state index is 12.9. The van der Waals surface area contributed by atoms with Crippen LogP contribution in [0.5, 0.6) is 0 Å². The highest BCUT2D eigenvalue weighted by Gasteiger charge is 2.31. The molecule has 1 amide bonds. The Hall–Kier alpha value is -2.09. The Labute approximate surface area is 179 Å². The fraction of sp³-hybridized carbons (Fsp3) is 0.571. The van der Waals surface area contributed by atoms with E-state index < -0.39 is 23.4 Å². The first-order valence-electron chi connectivity index (χ1n) is 9.75. The molecule has 1 N–H and O–H groups in total. The lowest BCUT2D eigenvalue weighted by atomic mass is 9.91. The highest BCUT2D eigenvalue weighted by Crippen LogP contribution is 2.33. The van der Waals surface area contributed by atoms with Crippen LogP contribution in [0.3, 0.4) is 0 Å². The Kier molecular flexibility index (Phi) is 5.69. The van der Waals surface area contributed by atoms with Crippen molar-refractivity contribution < 1.29 is 19.1 Å². The van der Waals surface area contributed by atoms with Crippen molar-refractivity contribution in [1.82, 2.24) is 14.9 Å². The molecule has 0 radical (unpaired) electrons. The van der Waals surface area contributed by atoms with Gasteiger partial charge in [-0.15, -0.1) is 0 Å². The van der Waals surface area contributed by atoms with Crippen molar-refractivity contribution in [3.8, 4) is 0 Å². The largest absolute Gasteiger partial charge is 0.444 e. The summed E-state index contributed by atoms with van der Waals surface area (Å²) in [5, 5.41) is 3.85. The molecule has 8 heteroatoms. The van der Waals surface area contributed by atoms with Gasteiger partial charge in [0.2, 0.25) is 0 Å². The van der Waals surface area contributed by atoms with E-state index in [0.29, 0.717) is 29.5 Å². The van der Waals surface area contributed by atoms with Crippen molar-refractivity contribution in [2.24, 2.45) is 0 Å². The van der Waals surface area contributed by atoms with Gasteiger partial charge in [0.15, 0.2) is 5.65 Å². The standard InChI is InChI=1S/C21H28BrN3O4/c1-20(2,3)28-18(26)23-12-7-9-15-14(11-12)13-8-10-16(22)24-17(13)25(15)19(27)29-21(4,5)6/h8,10,12H,7,9,11H2,1-6H3,(H,23,26). The van der Waals surface area contributed by atoms with Crippen molar-refractivity contribution in [3.05, 3.63) is 28.0 Å². The number of aromatic nitrogens is 2. The van der Waals surface area contributed by atoms with E-state index in [1.54, 1.807) is 4.57 Å². The number of alkyl carbamates (subject to hydrolysis) is 1. The van der Waals surface area contributed by atoms with Gasteiger partial charge >= 0.3 is 12.2 Å². The topological polar surface area (TPSA) is 82.5 Å². The number of hydrogen-bond donors (Lipinski definition) is 1. The number of hydrogen-bond acceptors (Lipinski definition) is 5. The number of nitrogens with zero attached hydrogens (tertiary/aromatic N) is 2. The monoisotopic (exact) mass is 465 g/mol. The highest BCUT2D eigenvalue weighted by molar-refractivity contribution is 9.10.